The largest absolute Gasteiger partial charge is 0.494 e. The summed E-state index contributed by atoms with van der Waals surface area (Å²) in [6, 6.07) is 10.9. The maximum absolute atomic E-state index is 14.5. The van der Waals surface area contributed by atoms with Crippen molar-refractivity contribution in [1.82, 2.24) is 0 Å². The van der Waals surface area contributed by atoms with Crippen molar-refractivity contribution in [3.63, 3.8) is 0 Å². The first-order chi connectivity index (χ1) is 11.9. The van der Waals surface area contributed by atoms with E-state index in [1.54, 1.807) is 30.3 Å². The standard InChI is InChI=1S/C19H22BFO4S/c1-18(2)19(3,4)25-20(24-18)13-10-11-16(21)15(12-13)14-8-6-7-9-17(14)26(5,22)23/h6-12H,1-5H3. The molecule has 3 rings (SSSR count). The van der Waals surface area contributed by atoms with Crippen LogP contribution in [0.1, 0.15) is 27.7 Å². The molecule has 1 fully saturated rings. The van der Waals surface area contributed by atoms with Gasteiger partial charge in [0.25, 0.3) is 0 Å². The van der Waals surface area contributed by atoms with Crippen LogP contribution in [0, 0.1) is 5.82 Å². The minimum atomic E-state index is -3.50. The summed E-state index contributed by atoms with van der Waals surface area (Å²) < 4.78 is 50.7. The number of halogens is 1. The number of sulfone groups is 1. The monoisotopic (exact) mass is 376 g/mol. The van der Waals surface area contributed by atoms with Crippen LogP contribution in [0.3, 0.4) is 0 Å². The lowest BCUT2D eigenvalue weighted by Gasteiger charge is -2.32. The van der Waals surface area contributed by atoms with Gasteiger partial charge in [0.05, 0.1) is 16.1 Å². The topological polar surface area (TPSA) is 52.6 Å². The van der Waals surface area contributed by atoms with Crippen LogP contribution in [0.15, 0.2) is 47.4 Å². The zero-order chi connectivity index (χ0) is 19.3. The van der Waals surface area contributed by atoms with Gasteiger partial charge in [0.15, 0.2) is 9.84 Å². The molecule has 4 nitrogen and oxygen atoms in total. The van der Waals surface area contributed by atoms with Gasteiger partial charge in [-0.2, -0.15) is 0 Å². The lowest BCUT2D eigenvalue weighted by molar-refractivity contribution is 0.00578. The Bertz CT molecular complexity index is 938. The van der Waals surface area contributed by atoms with Crippen molar-refractivity contribution in [2.75, 3.05) is 6.26 Å². The van der Waals surface area contributed by atoms with E-state index in [0.29, 0.717) is 11.0 Å². The first kappa shape index (κ1) is 19.1. The number of hydrogen-bond acceptors (Lipinski definition) is 4. The molecule has 0 bridgehead atoms. The van der Waals surface area contributed by atoms with E-state index in [2.05, 4.69) is 0 Å². The van der Waals surface area contributed by atoms with Crippen LogP contribution in [0.2, 0.25) is 0 Å². The number of hydrogen-bond donors (Lipinski definition) is 0. The molecule has 1 saturated heterocycles. The fourth-order valence-corrected chi connectivity index (χ4v) is 3.79. The van der Waals surface area contributed by atoms with Crippen LogP contribution in [-0.4, -0.2) is 33.0 Å². The molecule has 7 heteroatoms. The van der Waals surface area contributed by atoms with E-state index in [4.69, 9.17) is 9.31 Å². The van der Waals surface area contributed by atoms with Gasteiger partial charge in [-0.05, 0) is 45.3 Å². The Balaban J connectivity index is 2.09. The van der Waals surface area contributed by atoms with Gasteiger partial charge in [0, 0.05) is 17.4 Å². The minimum absolute atomic E-state index is 0.0879. The third-order valence-corrected chi connectivity index (χ3v) is 6.25. The van der Waals surface area contributed by atoms with Gasteiger partial charge in [-0.1, -0.05) is 30.3 Å². The maximum atomic E-state index is 14.5. The Morgan fingerprint density at radius 2 is 1.50 bits per heavy atom. The van der Waals surface area contributed by atoms with Crippen LogP contribution in [0.25, 0.3) is 11.1 Å². The third-order valence-electron chi connectivity index (χ3n) is 5.09. The Morgan fingerprint density at radius 3 is 2.08 bits per heavy atom. The Hall–Kier alpha value is -1.70. The molecule has 1 aliphatic heterocycles. The normalized spacial score (nSPS) is 18.9. The molecule has 0 spiro atoms. The minimum Gasteiger partial charge on any atom is -0.399 e. The summed E-state index contributed by atoms with van der Waals surface area (Å²) in [5, 5.41) is 0. The van der Waals surface area contributed by atoms with Crippen LogP contribution < -0.4 is 5.46 Å². The van der Waals surface area contributed by atoms with Gasteiger partial charge in [0.2, 0.25) is 0 Å². The van der Waals surface area contributed by atoms with Crippen molar-refractivity contribution in [2.45, 2.75) is 43.8 Å². The molecule has 0 radical (unpaired) electrons. The van der Waals surface area contributed by atoms with E-state index >= 15 is 0 Å². The predicted molar refractivity (Wildman–Crippen MR) is 101 cm³/mol. The summed E-state index contributed by atoms with van der Waals surface area (Å²) in [5.74, 6) is -0.499. The second kappa shape index (κ2) is 6.18. The van der Waals surface area contributed by atoms with Crippen LogP contribution in [-0.2, 0) is 19.1 Å². The van der Waals surface area contributed by atoms with E-state index in [-0.39, 0.29) is 10.5 Å². The molecule has 1 aliphatic rings. The van der Waals surface area contributed by atoms with Gasteiger partial charge < -0.3 is 9.31 Å². The van der Waals surface area contributed by atoms with Crippen molar-refractivity contribution in [3.05, 3.63) is 48.3 Å². The molecule has 2 aromatic carbocycles. The maximum Gasteiger partial charge on any atom is 0.494 e. The molecule has 0 atom stereocenters. The Morgan fingerprint density at radius 1 is 0.923 bits per heavy atom. The fraction of sp³-hybridized carbons (Fsp3) is 0.368. The molecule has 0 N–H and O–H groups in total. The molecule has 0 amide bonds. The van der Waals surface area contributed by atoms with Crippen LogP contribution in [0.5, 0.6) is 0 Å². The molecule has 138 valence electrons. The Kier molecular flexibility index (Phi) is 4.54. The fourth-order valence-electron chi connectivity index (χ4n) is 2.89. The van der Waals surface area contributed by atoms with Crippen LogP contribution in [0.4, 0.5) is 4.39 Å². The molecule has 26 heavy (non-hydrogen) atoms. The average molecular weight is 376 g/mol. The summed E-state index contributed by atoms with van der Waals surface area (Å²) in [7, 11) is -4.14. The zero-order valence-corrected chi connectivity index (χ0v) is 16.4. The van der Waals surface area contributed by atoms with E-state index in [9.17, 15) is 12.8 Å². The molecule has 2 aromatic rings. The summed E-state index contributed by atoms with van der Waals surface area (Å²) in [6.45, 7) is 7.76. The summed E-state index contributed by atoms with van der Waals surface area (Å²) in [5.41, 5.74) is 0.140. The predicted octanol–water partition coefficient (Wildman–Crippen LogP) is 3.20. The van der Waals surface area contributed by atoms with Gasteiger partial charge >= 0.3 is 7.12 Å². The molecule has 0 unspecified atom stereocenters. The van der Waals surface area contributed by atoms with E-state index in [1.165, 1.54) is 12.1 Å². The van der Waals surface area contributed by atoms with Crippen molar-refractivity contribution in [2.24, 2.45) is 0 Å². The second-order valence-corrected chi connectivity index (χ2v) is 9.58. The second-order valence-electron chi connectivity index (χ2n) is 7.60. The van der Waals surface area contributed by atoms with E-state index in [0.717, 1.165) is 6.26 Å². The third kappa shape index (κ3) is 3.31. The van der Waals surface area contributed by atoms with Crippen molar-refractivity contribution >= 4 is 22.4 Å². The van der Waals surface area contributed by atoms with Gasteiger partial charge in [-0.3, -0.25) is 0 Å². The highest BCUT2D eigenvalue weighted by Gasteiger charge is 2.51. The first-order valence-electron chi connectivity index (χ1n) is 8.37. The highest BCUT2D eigenvalue weighted by atomic mass is 32.2. The summed E-state index contributed by atoms with van der Waals surface area (Å²) >= 11 is 0. The molecule has 0 aromatic heterocycles. The number of rotatable bonds is 3. The highest BCUT2D eigenvalue weighted by molar-refractivity contribution is 7.90. The molecular formula is C19H22BFO4S. The summed E-state index contributed by atoms with van der Waals surface area (Å²) in [4.78, 5) is 0.0879. The zero-order valence-electron chi connectivity index (χ0n) is 15.5. The SMILES string of the molecule is CC1(C)OB(c2ccc(F)c(-c3ccccc3S(C)(=O)=O)c2)OC1(C)C. The molecule has 1 heterocycles. The highest BCUT2D eigenvalue weighted by Crippen LogP contribution is 2.37. The quantitative estimate of drug-likeness (QED) is 0.773. The van der Waals surface area contributed by atoms with Crippen molar-refractivity contribution < 1.29 is 22.1 Å². The lowest BCUT2D eigenvalue weighted by Crippen LogP contribution is -2.41. The average Bonchev–Trinajstić information content (AvgIpc) is 2.75. The Labute approximate surface area is 154 Å². The molecule has 0 saturated carbocycles. The number of benzene rings is 2. The van der Waals surface area contributed by atoms with Crippen molar-refractivity contribution in [3.8, 4) is 11.1 Å². The van der Waals surface area contributed by atoms with E-state index in [1.807, 2.05) is 27.7 Å². The smallest absolute Gasteiger partial charge is 0.399 e. The van der Waals surface area contributed by atoms with Gasteiger partial charge in [0.1, 0.15) is 5.82 Å². The van der Waals surface area contributed by atoms with Crippen LogP contribution >= 0.6 is 0 Å². The van der Waals surface area contributed by atoms with Crippen molar-refractivity contribution in [1.29, 1.82) is 0 Å². The molecular weight excluding hydrogens is 354 g/mol. The van der Waals surface area contributed by atoms with E-state index < -0.39 is 34.0 Å². The van der Waals surface area contributed by atoms with Gasteiger partial charge in [-0.15, -0.1) is 0 Å². The van der Waals surface area contributed by atoms with Gasteiger partial charge in [-0.25, -0.2) is 12.8 Å². The first-order valence-corrected chi connectivity index (χ1v) is 10.3. The lowest BCUT2D eigenvalue weighted by atomic mass is 9.78. The molecule has 0 aliphatic carbocycles. The summed E-state index contributed by atoms with van der Waals surface area (Å²) in [6.07, 6.45) is 1.11.